The van der Waals surface area contributed by atoms with Crippen molar-refractivity contribution in [3.05, 3.63) is 70.8 Å². The van der Waals surface area contributed by atoms with Gasteiger partial charge < -0.3 is 14.8 Å². The number of azo groups is 1. The predicted molar refractivity (Wildman–Crippen MR) is 110 cm³/mol. The van der Waals surface area contributed by atoms with Gasteiger partial charge in [-0.1, -0.05) is 30.3 Å². The van der Waals surface area contributed by atoms with Crippen molar-refractivity contribution in [3.8, 4) is 11.5 Å². The molecule has 0 aliphatic heterocycles. The molecule has 0 bridgehead atoms. The number of non-ortho nitro benzene ring substituents is 1. The number of phenols is 2. The molecule has 4 aromatic rings. The summed E-state index contributed by atoms with van der Waals surface area (Å²) in [4.78, 5) is 9.37. The van der Waals surface area contributed by atoms with Crippen LogP contribution < -0.4 is 29.6 Å². The van der Waals surface area contributed by atoms with Gasteiger partial charge in [0.05, 0.1) is 9.82 Å². The third-order valence-corrected chi connectivity index (χ3v) is 5.54. The molecule has 4 aromatic carbocycles. The van der Waals surface area contributed by atoms with Crippen molar-refractivity contribution in [2.75, 3.05) is 0 Å². The van der Waals surface area contributed by atoms with Gasteiger partial charge in [-0.25, -0.2) is 8.42 Å². The summed E-state index contributed by atoms with van der Waals surface area (Å²) >= 11 is 0. The van der Waals surface area contributed by atoms with Crippen LogP contribution in [0.25, 0.3) is 21.5 Å². The molecule has 10 nitrogen and oxygen atoms in total. The van der Waals surface area contributed by atoms with E-state index in [-0.39, 0.29) is 51.8 Å². The Morgan fingerprint density at radius 1 is 0.875 bits per heavy atom. The van der Waals surface area contributed by atoms with E-state index in [0.717, 1.165) is 23.6 Å². The number of benzene rings is 4. The summed E-state index contributed by atoms with van der Waals surface area (Å²) in [5.41, 5.74) is -1.17. The van der Waals surface area contributed by atoms with Crippen LogP contribution in [0.3, 0.4) is 0 Å². The molecule has 0 aliphatic rings. The van der Waals surface area contributed by atoms with Crippen LogP contribution in [0.1, 0.15) is 0 Å². The first-order valence-electron chi connectivity index (χ1n) is 8.69. The minimum Gasteiger partial charge on any atom is -0.744 e. The Morgan fingerprint density at radius 3 is 2.25 bits per heavy atom. The van der Waals surface area contributed by atoms with Crippen molar-refractivity contribution in [3.63, 3.8) is 0 Å². The molecule has 0 heterocycles. The standard InChI is InChI=1S/C20H13N3O7S.Na/c24-17-9-12-5-7-13(23(26)27)10-15(12)20(31(28,29)30)18(17)22-21-16-8-6-11-3-1-2-4-14(11)19(16)25;/h1-10,24-25H,(H,28,29,30);/q;+1/p-1. The van der Waals surface area contributed by atoms with Gasteiger partial charge in [0.15, 0.2) is 5.75 Å². The van der Waals surface area contributed by atoms with Crippen molar-refractivity contribution >= 4 is 48.7 Å². The number of nitro benzene ring substituents is 1. The third kappa shape index (κ3) is 4.29. The first-order chi connectivity index (χ1) is 14.7. The number of phenolic OH excluding ortho intramolecular Hbond substituents is 2. The molecular formula is C20H12N3NaO7S. The fourth-order valence-electron chi connectivity index (χ4n) is 3.22. The van der Waals surface area contributed by atoms with E-state index in [1.165, 1.54) is 12.1 Å². The van der Waals surface area contributed by atoms with Crippen LogP contribution in [0.15, 0.2) is 75.8 Å². The van der Waals surface area contributed by atoms with Gasteiger partial charge in [-0.3, -0.25) is 10.1 Å². The molecule has 0 radical (unpaired) electrons. The molecule has 12 heteroatoms. The molecule has 0 amide bonds. The average molecular weight is 461 g/mol. The van der Waals surface area contributed by atoms with E-state index in [1.54, 1.807) is 30.3 Å². The molecule has 0 aromatic heterocycles. The van der Waals surface area contributed by atoms with Gasteiger partial charge in [-0.05, 0) is 29.0 Å². The Bertz CT molecular complexity index is 1520. The van der Waals surface area contributed by atoms with Crippen LogP contribution >= 0.6 is 0 Å². The molecule has 4 rings (SSSR count). The van der Waals surface area contributed by atoms with E-state index >= 15 is 0 Å². The normalized spacial score (nSPS) is 11.7. The number of nitrogens with zero attached hydrogens (tertiary/aromatic N) is 3. The SMILES string of the molecule is O=[N+]([O-])c1ccc2cc(O)c(N=Nc3ccc4ccccc4c3O)c(S(=O)(=O)[O-])c2c1.[Na+]. The fraction of sp³-hybridized carbons (Fsp3) is 0. The van der Waals surface area contributed by atoms with E-state index in [9.17, 15) is 33.3 Å². The second-order valence-electron chi connectivity index (χ2n) is 6.54. The zero-order valence-electron chi connectivity index (χ0n) is 16.5. The molecule has 0 saturated carbocycles. The number of rotatable bonds is 4. The number of hydrogen-bond acceptors (Lipinski definition) is 9. The monoisotopic (exact) mass is 461 g/mol. The van der Waals surface area contributed by atoms with Crippen LogP contribution in [0, 0.1) is 10.1 Å². The van der Waals surface area contributed by atoms with Gasteiger partial charge in [0.1, 0.15) is 27.2 Å². The van der Waals surface area contributed by atoms with Gasteiger partial charge in [0, 0.05) is 22.9 Å². The van der Waals surface area contributed by atoms with Crippen molar-refractivity contribution in [1.29, 1.82) is 0 Å². The van der Waals surface area contributed by atoms with Gasteiger partial charge in [-0.2, -0.15) is 0 Å². The topological polar surface area (TPSA) is 166 Å². The molecular weight excluding hydrogens is 449 g/mol. The average Bonchev–Trinajstić information content (AvgIpc) is 2.72. The predicted octanol–water partition coefficient (Wildman–Crippen LogP) is 1.64. The Labute approximate surface area is 203 Å². The molecule has 0 fully saturated rings. The van der Waals surface area contributed by atoms with Crippen LogP contribution in [-0.4, -0.2) is 28.1 Å². The number of aromatic hydroxyl groups is 2. The van der Waals surface area contributed by atoms with E-state index in [0.29, 0.717) is 5.39 Å². The Morgan fingerprint density at radius 2 is 1.56 bits per heavy atom. The van der Waals surface area contributed by atoms with E-state index in [2.05, 4.69) is 10.2 Å². The van der Waals surface area contributed by atoms with Gasteiger partial charge in [0.25, 0.3) is 5.69 Å². The Balaban J connectivity index is 0.00000289. The van der Waals surface area contributed by atoms with Crippen molar-refractivity contribution < 1.29 is 57.7 Å². The van der Waals surface area contributed by atoms with Crippen LogP contribution in [0.2, 0.25) is 0 Å². The summed E-state index contributed by atoms with van der Waals surface area (Å²) < 4.78 is 35.9. The summed E-state index contributed by atoms with van der Waals surface area (Å²) in [6.45, 7) is 0. The van der Waals surface area contributed by atoms with E-state index in [1.807, 2.05) is 0 Å². The quantitative estimate of drug-likeness (QED) is 0.153. The first-order valence-corrected chi connectivity index (χ1v) is 10.1. The molecule has 156 valence electrons. The van der Waals surface area contributed by atoms with Crippen LogP contribution in [0.5, 0.6) is 11.5 Å². The minimum atomic E-state index is -5.22. The molecule has 0 aliphatic carbocycles. The second-order valence-corrected chi connectivity index (χ2v) is 7.86. The first kappa shape index (κ1) is 23.6. The fourth-order valence-corrected chi connectivity index (χ4v) is 4.05. The van der Waals surface area contributed by atoms with Gasteiger partial charge in [-0.15, -0.1) is 10.2 Å². The minimum absolute atomic E-state index is 0. The largest absolute Gasteiger partial charge is 1.00 e. The second kappa shape index (κ2) is 8.81. The van der Waals surface area contributed by atoms with Gasteiger partial charge in [0.2, 0.25) is 0 Å². The Hall–Kier alpha value is -3.09. The summed E-state index contributed by atoms with van der Waals surface area (Å²) in [6, 6.07) is 14.3. The maximum absolute atomic E-state index is 12.0. The zero-order valence-corrected chi connectivity index (χ0v) is 19.3. The van der Waals surface area contributed by atoms with E-state index in [4.69, 9.17) is 0 Å². The zero-order chi connectivity index (χ0) is 22.3. The smallest absolute Gasteiger partial charge is 0.744 e. The van der Waals surface area contributed by atoms with Crippen LogP contribution in [0.4, 0.5) is 17.1 Å². The van der Waals surface area contributed by atoms with E-state index < -0.39 is 37.1 Å². The third-order valence-electron chi connectivity index (χ3n) is 4.63. The maximum atomic E-state index is 12.0. The van der Waals surface area contributed by atoms with Crippen molar-refractivity contribution in [2.45, 2.75) is 4.90 Å². The number of nitro groups is 1. The molecule has 0 spiro atoms. The number of hydrogen-bond donors (Lipinski definition) is 2. The van der Waals surface area contributed by atoms with Crippen molar-refractivity contribution in [1.82, 2.24) is 0 Å². The Kier molecular flexibility index (Phi) is 6.49. The molecule has 0 atom stereocenters. The molecule has 32 heavy (non-hydrogen) atoms. The van der Waals surface area contributed by atoms with Crippen LogP contribution in [-0.2, 0) is 10.1 Å². The molecule has 0 saturated heterocycles. The summed E-state index contributed by atoms with van der Waals surface area (Å²) in [6.07, 6.45) is 0. The summed E-state index contributed by atoms with van der Waals surface area (Å²) in [7, 11) is -5.22. The maximum Gasteiger partial charge on any atom is 1.00 e. The summed E-state index contributed by atoms with van der Waals surface area (Å²) in [5, 5.41) is 40.3. The summed E-state index contributed by atoms with van der Waals surface area (Å²) in [5.74, 6) is -0.899. The number of fused-ring (bicyclic) bond motifs is 2. The molecule has 0 unspecified atom stereocenters. The van der Waals surface area contributed by atoms with Gasteiger partial charge >= 0.3 is 29.6 Å². The van der Waals surface area contributed by atoms with Crippen molar-refractivity contribution in [2.24, 2.45) is 10.2 Å². The molecule has 2 N–H and O–H groups in total.